The molecule has 0 atom stereocenters. The summed E-state index contributed by atoms with van der Waals surface area (Å²) >= 11 is 0. The van der Waals surface area contributed by atoms with E-state index in [1.807, 2.05) is 18.2 Å². The fourth-order valence-corrected chi connectivity index (χ4v) is 4.16. The van der Waals surface area contributed by atoms with Crippen LogP contribution >= 0.6 is 0 Å². The van der Waals surface area contributed by atoms with Crippen LogP contribution < -0.4 is 0 Å². The van der Waals surface area contributed by atoms with E-state index in [4.69, 9.17) is 5.26 Å². The maximum Gasteiger partial charge on any atom is 0.407 e. The summed E-state index contributed by atoms with van der Waals surface area (Å²) in [6.07, 6.45) is 0.819. The molecule has 0 aliphatic carbocycles. The van der Waals surface area contributed by atoms with Gasteiger partial charge in [-0.1, -0.05) is 45.0 Å². The van der Waals surface area contributed by atoms with E-state index in [1.165, 1.54) is 10.5 Å². The van der Waals surface area contributed by atoms with Gasteiger partial charge < -0.3 is 10.0 Å². The van der Waals surface area contributed by atoms with Crippen molar-refractivity contribution in [2.45, 2.75) is 39.0 Å². The minimum absolute atomic E-state index is 0.0257. The Morgan fingerprint density at radius 3 is 2.28 bits per heavy atom. The van der Waals surface area contributed by atoms with Crippen LogP contribution in [0, 0.1) is 16.7 Å². The number of hydrogen-bond donors (Lipinski definition) is 1. The second kappa shape index (κ2) is 6.07. The third-order valence-corrected chi connectivity index (χ3v) is 5.85. The summed E-state index contributed by atoms with van der Waals surface area (Å²) in [7, 11) is 0. The first kappa shape index (κ1) is 17.3. The van der Waals surface area contributed by atoms with Crippen molar-refractivity contribution in [2.24, 2.45) is 5.41 Å². The number of hydrogen-bond acceptors (Lipinski definition) is 2. The molecule has 0 radical (unpaired) electrons. The molecule has 130 valence electrons. The van der Waals surface area contributed by atoms with Crippen molar-refractivity contribution in [3.8, 4) is 6.07 Å². The smallest absolute Gasteiger partial charge is 0.407 e. The molecule has 0 saturated carbocycles. The number of carboxylic acid groups (broad SMARTS) is 1. The number of nitriles is 1. The van der Waals surface area contributed by atoms with Gasteiger partial charge in [-0.3, -0.25) is 0 Å². The largest absolute Gasteiger partial charge is 0.465 e. The number of carbonyl (C=O) groups is 1. The highest BCUT2D eigenvalue weighted by atomic mass is 16.4. The van der Waals surface area contributed by atoms with Crippen LogP contribution in [0.15, 0.2) is 36.4 Å². The molecule has 0 aromatic heterocycles. The number of benzene rings is 2. The van der Waals surface area contributed by atoms with Gasteiger partial charge in [0.2, 0.25) is 0 Å². The monoisotopic (exact) mass is 336 g/mol. The average molecular weight is 336 g/mol. The number of rotatable bonds is 1. The summed E-state index contributed by atoms with van der Waals surface area (Å²) in [6, 6.07) is 14.4. The molecule has 2 aromatic rings. The molecule has 2 aromatic carbocycles. The molecule has 3 rings (SSSR count). The first-order valence-corrected chi connectivity index (χ1v) is 8.69. The van der Waals surface area contributed by atoms with E-state index in [0.717, 1.165) is 23.6 Å². The Morgan fingerprint density at radius 1 is 1.12 bits per heavy atom. The van der Waals surface area contributed by atoms with Crippen molar-refractivity contribution in [3.63, 3.8) is 0 Å². The summed E-state index contributed by atoms with van der Waals surface area (Å²) < 4.78 is 0. The first-order valence-electron chi connectivity index (χ1n) is 8.69. The maximum absolute atomic E-state index is 11.3. The molecule has 1 amide bonds. The molecule has 1 fully saturated rings. The van der Waals surface area contributed by atoms with Gasteiger partial charge in [0.15, 0.2) is 0 Å². The molecule has 1 aliphatic rings. The summed E-state index contributed by atoms with van der Waals surface area (Å²) in [5, 5.41) is 20.5. The number of amides is 1. The van der Waals surface area contributed by atoms with Gasteiger partial charge in [-0.15, -0.1) is 0 Å². The van der Waals surface area contributed by atoms with Crippen LogP contribution in [0.25, 0.3) is 10.8 Å². The standard InChI is InChI=1S/C21H24N2O2/c1-20(2,3)21(8-10-23(11-9-21)19(24)25)18-7-6-16-12-15(14-22)4-5-17(16)13-18/h4-7,12-13H,8-11H2,1-3H3,(H,24,25). The number of piperidine rings is 1. The highest BCUT2D eigenvalue weighted by molar-refractivity contribution is 5.84. The lowest BCUT2D eigenvalue weighted by Crippen LogP contribution is -2.50. The average Bonchev–Trinajstić information content (AvgIpc) is 2.59. The normalized spacial score (nSPS) is 17.3. The lowest BCUT2D eigenvalue weighted by atomic mass is 9.58. The van der Waals surface area contributed by atoms with Gasteiger partial charge in [0.05, 0.1) is 11.6 Å². The fraction of sp³-hybridized carbons (Fsp3) is 0.429. The highest BCUT2D eigenvalue weighted by Gasteiger charge is 2.46. The van der Waals surface area contributed by atoms with Gasteiger partial charge in [0.1, 0.15) is 0 Å². The first-order chi connectivity index (χ1) is 11.8. The lowest BCUT2D eigenvalue weighted by Gasteiger charge is -2.50. The van der Waals surface area contributed by atoms with Crippen LogP contribution in [0.3, 0.4) is 0 Å². The third-order valence-electron chi connectivity index (χ3n) is 5.85. The second-order valence-electron chi connectivity index (χ2n) is 7.99. The van der Waals surface area contributed by atoms with Gasteiger partial charge >= 0.3 is 6.09 Å². The van der Waals surface area contributed by atoms with Crippen molar-refractivity contribution in [2.75, 3.05) is 13.1 Å². The van der Waals surface area contributed by atoms with E-state index < -0.39 is 6.09 Å². The summed E-state index contributed by atoms with van der Waals surface area (Å²) in [4.78, 5) is 12.8. The maximum atomic E-state index is 11.3. The molecule has 1 N–H and O–H groups in total. The summed E-state index contributed by atoms with van der Waals surface area (Å²) in [6.45, 7) is 7.86. The number of nitrogens with zero attached hydrogens (tertiary/aromatic N) is 2. The molecule has 4 heteroatoms. The Kier molecular flexibility index (Phi) is 4.20. The molecule has 0 bridgehead atoms. The molecular formula is C21H24N2O2. The zero-order valence-electron chi connectivity index (χ0n) is 15.0. The molecule has 1 saturated heterocycles. The Balaban J connectivity index is 2.05. The van der Waals surface area contributed by atoms with Crippen molar-refractivity contribution in [1.82, 2.24) is 4.90 Å². The van der Waals surface area contributed by atoms with Gasteiger partial charge in [-0.05, 0) is 46.7 Å². The topological polar surface area (TPSA) is 64.3 Å². The molecule has 4 nitrogen and oxygen atoms in total. The van der Waals surface area contributed by atoms with Gasteiger partial charge in [-0.2, -0.15) is 5.26 Å². The van der Waals surface area contributed by atoms with Gasteiger partial charge in [0, 0.05) is 18.5 Å². The Bertz CT molecular complexity index is 850. The minimum Gasteiger partial charge on any atom is -0.465 e. The second-order valence-corrected chi connectivity index (χ2v) is 7.99. The van der Waals surface area contributed by atoms with Gasteiger partial charge in [-0.25, -0.2) is 4.79 Å². The third kappa shape index (κ3) is 2.95. The summed E-state index contributed by atoms with van der Waals surface area (Å²) in [5.74, 6) is 0. The van der Waals surface area contributed by atoms with Crippen LogP contribution in [0.5, 0.6) is 0 Å². The van der Waals surface area contributed by atoms with Gasteiger partial charge in [0.25, 0.3) is 0 Å². The number of likely N-dealkylation sites (tertiary alicyclic amines) is 1. The predicted octanol–water partition coefficient (Wildman–Crippen LogP) is 4.77. The lowest BCUT2D eigenvalue weighted by molar-refractivity contribution is 0.0696. The molecular weight excluding hydrogens is 312 g/mol. The SMILES string of the molecule is CC(C)(C)C1(c2ccc3cc(C#N)ccc3c2)CCN(C(=O)O)CC1. The van der Waals surface area contributed by atoms with Crippen LogP contribution in [0.2, 0.25) is 0 Å². The molecule has 25 heavy (non-hydrogen) atoms. The van der Waals surface area contributed by atoms with E-state index in [0.29, 0.717) is 18.7 Å². The highest BCUT2D eigenvalue weighted by Crippen LogP contribution is 2.49. The molecule has 0 spiro atoms. The fourth-order valence-electron chi connectivity index (χ4n) is 4.16. The van der Waals surface area contributed by atoms with Crippen LogP contribution in [0.1, 0.15) is 44.7 Å². The number of fused-ring (bicyclic) bond motifs is 1. The van der Waals surface area contributed by atoms with Crippen LogP contribution in [-0.4, -0.2) is 29.2 Å². The van der Waals surface area contributed by atoms with Crippen LogP contribution in [-0.2, 0) is 5.41 Å². The molecule has 1 aliphatic heterocycles. The van der Waals surface area contributed by atoms with E-state index in [2.05, 4.69) is 45.0 Å². The Labute approximate surface area is 148 Å². The van der Waals surface area contributed by atoms with Crippen molar-refractivity contribution in [1.29, 1.82) is 5.26 Å². The zero-order chi connectivity index (χ0) is 18.2. The molecule has 1 heterocycles. The predicted molar refractivity (Wildman–Crippen MR) is 98.6 cm³/mol. The quantitative estimate of drug-likeness (QED) is 0.816. The van der Waals surface area contributed by atoms with E-state index in [-0.39, 0.29) is 10.8 Å². The molecule has 0 unspecified atom stereocenters. The minimum atomic E-state index is -0.829. The summed E-state index contributed by atoms with van der Waals surface area (Å²) in [5.41, 5.74) is 1.90. The zero-order valence-corrected chi connectivity index (χ0v) is 15.0. The van der Waals surface area contributed by atoms with Crippen molar-refractivity contribution >= 4 is 16.9 Å². The van der Waals surface area contributed by atoms with Crippen molar-refractivity contribution in [3.05, 3.63) is 47.5 Å². The Hall–Kier alpha value is -2.54. The van der Waals surface area contributed by atoms with E-state index in [1.54, 1.807) is 0 Å². The van der Waals surface area contributed by atoms with E-state index in [9.17, 15) is 9.90 Å². The van der Waals surface area contributed by atoms with Crippen molar-refractivity contribution < 1.29 is 9.90 Å². The Morgan fingerprint density at radius 2 is 1.72 bits per heavy atom. The van der Waals surface area contributed by atoms with Crippen LogP contribution in [0.4, 0.5) is 4.79 Å². The van der Waals surface area contributed by atoms with E-state index >= 15 is 0 Å².